The molecule has 136 valence electrons. The smallest absolute Gasteiger partial charge is 0.291 e. The minimum absolute atomic E-state index is 0.0377. The summed E-state index contributed by atoms with van der Waals surface area (Å²) >= 11 is 2.01. The van der Waals surface area contributed by atoms with Crippen LogP contribution in [0.1, 0.15) is 10.6 Å². The van der Waals surface area contributed by atoms with Crippen LogP contribution in [0.2, 0.25) is 0 Å². The van der Waals surface area contributed by atoms with Crippen LogP contribution >= 0.6 is 22.6 Å². The first-order valence-corrected chi connectivity index (χ1v) is 8.74. The summed E-state index contributed by atoms with van der Waals surface area (Å²) in [5, 5.41) is 14.7. The molecule has 0 aliphatic carbocycles. The van der Waals surface area contributed by atoms with Crippen LogP contribution < -0.4 is 10.6 Å². The second-order valence-electron chi connectivity index (χ2n) is 5.19. The fourth-order valence-electron chi connectivity index (χ4n) is 2.28. The van der Waals surface area contributed by atoms with Crippen molar-refractivity contribution in [3.05, 3.63) is 51.7 Å². The van der Waals surface area contributed by atoms with E-state index < -0.39 is 11.7 Å². The number of pyridine rings is 1. The fourth-order valence-corrected chi connectivity index (χ4v) is 2.73. The van der Waals surface area contributed by atoms with E-state index in [0.717, 1.165) is 3.57 Å². The molecule has 0 aliphatic rings. The van der Waals surface area contributed by atoms with E-state index in [4.69, 9.17) is 14.3 Å². The summed E-state index contributed by atoms with van der Waals surface area (Å²) in [5.41, 5.74) is 0.776. The molecule has 26 heavy (non-hydrogen) atoms. The number of carbonyl (C=O) groups excluding carboxylic acids is 1. The molecule has 0 saturated heterocycles. The zero-order valence-corrected chi connectivity index (χ0v) is 15.6. The quantitative estimate of drug-likeness (QED) is 0.279. The number of aromatic nitrogens is 1. The first kappa shape index (κ1) is 18.5. The van der Waals surface area contributed by atoms with Crippen LogP contribution in [-0.2, 0) is 4.74 Å². The van der Waals surface area contributed by atoms with E-state index in [1.165, 1.54) is 12.3 Å². The number of hydrogen-bond donors (Lipinski definition) is 3. The van der Waals surface area contributed by atoms with Crippen molar-refractivity contribution in [1.82, 2.24) is 10.3 Å². The monoisotopic (exact) mass is 471 g/mol. The zero-order chi connectivity index (χ0) is 18.5. The van der Waals surface area contributed by atoms with Crippen LogP contribution in [0.25, 0.3) is 11.1 Å². The molecule has 3 aromatic rings. The number of hydrogen-bond acceptors (Lipinski definition) is 6. The Bertz CT molecular complexity index is 932. The van der Waals surface area contributed by atoms with E-state index in [2.05, 4.69) is 15.6 Å². The third kappa shape index (κ3) is 4.11. The Hall–Kier alpha value is -2.24. The van der Waals surface area contributed by atoms with Gasteiger partial charge in [-0.05, 0) is 52.9 Å². The van der Waals surface area contributed by atoms with Gasteiger partial charge in [-0.15, -0.1) is 0 Å². The lowest BCUT2D eigenvalue weighted by Crippen LogP contribution is -2.27. The van der Waals surface area contributed by atoms with Crippen molar-refractivity contribution in [1.29, 1.82) is 0 Å². The molecule has 7 nitrogen and oxygen atoms in total. The maximum Gasteiger partial charge on any atom is 0.291 e. The lowest BCUT2D eigenvalue weighted by Gasteiger charge is -2.09. The number of ether oxygens (including phenoxy) is 1. The summed E-state index contributed by atoms with van der Waals surface area (Å²) in [4.78, 5) is 16.5. The number of amides is 1. The normalized spacial score (nSPS) is 10.9. The van der Waals surface area contributed by atoms with E-state index in [0.29, 0.717) is 11.1 Å². The standard InChI is InChI=1S/C17H15FIN3O4/c18-12-8-10(19)3-4-13(12)22-14-11-2-1-5-20-17(11)26-15(14)16(24)21-9-25-7-6-23/h1-5,8,22-23H,6-7,9H2,(H,21,24). The summed E-state index contributed by atoms with van der Waals surface area (Å²) in [6.07, 6.45) is 1.53. The Labute approximate surface area is 161 Å². The maximum absolute atomic E-state index is 14.2. The number of carbonyl (C=O) groups is 1. The number of nitrogens with one attached hydrogen (secondary N) is 2. The van der Waals surface area contributed by atoms with Crippen molar-refractivity contribution >= 4 is 51.0 Å². The highest BCUT2D eigenvalue weighted by molar-refractivity contribution is 14.1. The molecule has 1 aromatic carbocycles. The lowest BCUT2D eigenvalue weighted by molar-refractivity contribution is 0.0649. The van der Waals surface area contributed by atoms with Crippen molar-refractivity contribution in [2.75, 3.05) is 25.3 Å². The predicted octanol–water partition coefficient (Wildman–Crippen LogP) is 3.01. The van der Waals surface area contributed by atoms with Crippen LogP contribution in [0.4, 0.5) is 15.8 Å². The molecular formula is C17H15FIN3O4. The number of halogens is 2. The average molecular weight is 471 g/mol. The van der Waals surface area contributed by atoms with E-state index >= 15 is 0 Å². The molecule has 1 amide bonds. The van der Waals surface area contributed by atoms with Crippen molar-refractivity contribution in [2.24, 2.45) is 0 Å². The number of fused-ring (bicyclic) bond motifs is 1. The molecule has 0 radical (unpaired) electrons. The summed E-state index contributed by atoms with van der Waals surface area (Å²) in [7, 11) is 0. The van der Waals surface area contributed by atoms with Gasteiger partial charge >= 0.3 is 0 Å². The SMILES string of the molecule is O=C(NCOCCO)c1oc2ncccc2c1Nc1ccc(I)cc1F. The van der Waals surface area contributed by atoms with E-state index in [1.807, 2.05) is 22.6 Å². The highest BCUT2D eigenvalue weighted by Crippen LogP contribution is 2.33. The molecule has 3 rings (SSSR count). The molecule has 0 bridgehead atoms. The molecule has 3 N–H and O–H groups in total. The van der Waals surface area contributed by atoms with Crippen molar-refractivity contribution in [3.63, 3.8) is 0 Å². The first-order chi connectivity index (χ1) is 12.6. The third-order valence-electron chi connectivity index (χ3n) is 3.43. The molecule has 0 fully saturated rings. The van der Waals surface area contributed by atoms with Gasteiger partial charge in [0.25, 0.3) is 5.91 Å². The summed E-state index contributed by atoms with van der Waals surface area (Å²) in [6.45, 7) is -0.147. The van der Waals surface area contributed by atoms with Gasteiger partial charge in [-0.2, -0.15) is 0 Å². The van der Waals surface area contributed by atoms with Crippen LogP contribution in [0.15, 0.2) is 40.9 Å². The van der Waals surface area contributed by atoms with Gasteiger partial charge in [0, 0.05) is 9.77 Å². The maximum atomic E-state index is 14.2. The van der Waals surface area contributed by atoms with Crippen molar-refractivity contribution < 1.29 is 23.4 Å². The molecule has 0 spiro atoms. The third-order valence-corrected chi connectivity index (χ3v) is 4.10. The Kier molecular flexibility index (Phi) is 6.01. The molecule has 2 heterocycles. The Morgan fingerprint density at radius 3 is 3.00 bits per heavy atom. The van der Waals surface area contributed by atoms with Gasteiger partial charge in [0.05, 0.1) is 24.3 Å². The molecule has 0 unspecified atom stereocenters. The molecular weight excluding hydrogens is 456 g/mol. The van der Waals surface area contributed by atoms with E-state index in [9.17, 15) is 9.18 Å². The van der Waals surface area contributed by atoms with Crippen LogP contribution in [0, 0.1) is 9.39 Å². The Morgan fingerprint density at radius 1 is 1.38 bits per heavy atom. The molecule has 9 heteroatoms. The highest BCUT2D eigenvalue weighted by atomic mass is 127. The predicted molar refractivity (Wildman–Crippen MR) is 102 cm³/mol. The minimum Gasteiger partial charge on any atom is -0.430 e. The topological polar surface area (TPSA) is 96.6 Å². The summed E-state index contributed by atoms with van der Waals surface area (Å²) in [5.74, 6) is -1.04. The van der Waals surface area contributed by atoms with Gasteiger partial charge in [0.2, 0.25) is 11.5 Å². The van der Waals surface area contributed by atoms with Gasteiger partial charge in [0.1, 0.15) is 18.2 Å². The number of aliphatic hydroxyl groups excluding tert-OH is 1. The number of benzene rings is 1. The molecule has 0 saturated carbocycles. The van der Waals surface area contributed by atoms with Crippen molar-refractivity contribution in [2.45, 2.75) is 0 Å². The molecule has 2 aromatic heterocycles. The minimum atomic E-state index is -0.547. The fraction of sp³-hybridized carbons (Fsp3) is 0.176. The number of furan rings is 1. The largest absolute Gasteiger partial charge is 0.430 e. The number of aliphatic hydroxyl groups is 1. The first-order valence-electron chi connectivity index (χ1n) is 7.66. The van der Waals surface area contributed by atoms with Crippen molar-refractivity contribution in [3.8, 4) is 0 Å². The van der Waals surface area contributed by atoms with E-state index in [-0.39, 0.29) is 37.1 Å². The van der Waals surface area contributed by atoms with Gasteiger partial charge in [-0.25, -0.2) is 9.37 Å². The summed E-state index contributed by atoms with van der Waals surface area (Å²) in [6, 6.07) is 8.12. The zero-order valence-electron chi connectivity index (χ0n) is 13.5. The second kappa shape index (κ2) is 8.43. The molecule has 0 aliphatic heterocycles. The Balaban J connectivity index is 1.93. The number of nitrogens with zero attached hydrogens (tertiary/aromatic N) is 1. The van der Waals surface area contributed by atoms with Crippen LogP contribution in [0.3, 0.4) is 0 Å². The van der Waals surface area contributed by atoms with Gasteiger partial charge in [-0.1, -0.05) is 0 Å². The lowest BCUT2D eigenvalue weighted by atomic mass is 10.2. The van der Waals surface area contributed by atoms with Crippen LogP contribution in [-0.4, -0.2) is 35.9 Å². The van der Waals surface area contributed by atoms with Gasteiger partial charge in [0.15, 0.2) is 0 Å². The van der Waals surface area contributed by atoms with Crippen LogP contribution in [0.5, 0.6) is 0 Å². The number of anilines is 2. The Morgan fingerprint density at radius 2 is 2.23 bits per heavy atom. The summed E-state index contributed by atoms with van der Waals surface area (Å²) < 4.78 is 25.5. The van der Waals surface area contributed by atoms with Gasteiger partial charge in [-0.3, -0.25) is 4.79 Å². The second-order valence-corrected chi connectivity index (χ2v) is 6.44. The average Bonchev–Trinajstić information content (AvgIpc) is 3.00. The van der Waals surface area contributed by atoms with E-state index in [1.54, 1.807) is 24.3 Å². The number of rotatable bonds is 7. The molecule has 0 atom stereocenters. The van der Waals surface area contributed by atoms with Gasteiger partial charge < -0.3 is 24.9 Å². The highest BCUT2D eigenvalue weighted by Gasteiger charge is 2.22.